The minimum absolute atomic E-state index is 0.105. The van der Waals surface area contributed by atoms with Crippen LogP contribution in [0.3, 0.4) is 0 Å². The van der Waals surface area contributed by atoms with Crippen LogP contribution in [0.15, 0.2) is 0 Å². The lowest BCUT2D eigenvalue weighted by Gasteiger charge is -2.06. The zero-order valence-corrected chi connectivity index (χ0v) is 7.63. The maximum atomic E-state index is 13.1. The van der Waals surface area contributed by atoms with Crippen LogP contribution in [0.25, 0.3) is 0 Å². The van der Waals surface area contributed by atoms with E-state index in [-0.39, 0.29) is 18.5 Å². The fourth-order valence-electron chi connectivity index (χ4n) is 2.42. The Morgan fingerprint density at radius 3 is 2.80 bits per heavy atom. The number of aromatic amines is 1. The first kappa shape index (κ1) is 8.82. The number of nitrogens with zero attached hydrogens (tertiary/aromatic N) is 1. The molecule has 2 unspecified atom stereocenters. The van der Waals surface area contributed by atoms with Crippen LogP contribution >= 0.6 is 0 Å². The van der Waals surface area contributed by atoms with Crippen LogP contribution in [0.1, 0.15) is 21.7 Å². The van der Waals surface area contributed by atoms with Crippen molar-refractivity contribution in [2.45, 2.75) is 18.8 Å². The van der Waals surface area contributed by atoms with E-state index in [1.54, 1.807) is 0 Å². The van der Waals surface area contributed by atoms with E-state index in [0.29, 0.717) is 11.3 Å². The highest BCUT2D eigenvalue weighted by Gasteiger charge is 2.69. The lowest BCUT2D eigenvalue weighted by atomic mass is 9.96. The Kier molecular flexibility index (Phi) is 1.39. The lowest BCUT2D eigenvalue weighted by Crippen LogP contribution is -2.08. The molecular formula is C9H8F2N2O2. The Morgan fingerprint density at radius 1 is 1.47 bits per heavy atom. The molecule has 6 heteroatoms. The molecule has 0 aromatic carbocycles. The highest BCUT2D eigenvalue weighted by Crippen LogP contribution is 2.60. The number of aromatic carboxylic acids is 1. The zero-order valence-electron chi connectivity index (χ0n) is 7.63. The molecule has 0 saturated heterocycles. The van der Waals surface area contributed by atoms with Gasteiger partial charge in [-0.3, -0.25) is 5.10 Å². The van der Waals surface area contributed by atoms with E-state index in [0.717, 1.165) is 0 Å². The molecular weight excluding hydrogens is 206 g/mol. The normalized spacial score (nSPS) is 30.5. The molecule has 1 aromatic heterocycles. The van der Waals surface area contributed by atoms with Crippen LogP contribution in [0.2, 0.25) is 0 Å². The summed E-state index contributed by atoms with van der Waals surface area (Å²) in [6, 6.07) is 0. The number of hydrogen-bond donors (Lipinski definition) is 2. The summed E-state index contributed by atoms with van der Waals surface area (Å²) < 4.78 is 26.2. The Morgan fingerprint density at radius 2 is 2.13 bits per heavy atom. The maximum absolute atomic E-state index is 13.1. The number of fused-ring (bicyclic) bond motifs is 2. The van der Waals surface area contributed by atoms with Gasteiger partial charge in [-0.25, -0.2) is 13.6 Å². The second kappa shape index (κ2) is 2.37. The predicted octanol–water partition coefficient (Wildman–Crippen LogP) is 1.09. The molecule has 1 heterocycles. The first-order valence-electron chi connectivity index (χ1n) is 4.69. The highest BCUT2D eigenvalue weighted by molar-refractivity contribution is 5.87. The van der Waals surface area contributed by atoms with E-state index >= 15 is 0 Å². The van der Waals surface area contributed by atoms with Gasteiger partial charge in [-0.05, 0) is 12.8 Å². The first-order valence-corrected chi connectivity index (χ1v) is 4.69. The smallest absolute Gasteiger partial charge is 0.356 e. The highest BCUT2D eigenvalue weighted by atomic mass is 19.3. The fraction of sp³-hybridized carbons (Fsp3) is 0.556. The van der Waals surface area contributed by atoms with Crippen molar-refractivity contribution in [1.29, 1.82) is 0 Å². The fourth-order valence-corrected chi connectivity index (χ4v) is 2.42. The molecule has 4 nitrogen and oxygen atoms in total. The number of carboxylic acids is 1. The number of carboxylic acid groups (broad SMARTS) is 1. The largest absolute Gasteiger partial charge is 0.476 e. The quantitative estimate of drug-likeness (QED) is 0.735. The number of halogens is 2. The van der Waals surface area contributed by atoms with E-state index in [9.17, 15) is 13.6 Å². The van der Waals surface area contributed by atoms with Crippen molar-refractivity contribution in [1.82, 2.24) is 10.2 Å². The zero-order chi connectivity index (χ0) is 10.8. The number of rotatable bonds is 1. The molecule has 1 fully saturated rings. The molecule has 0 radical (unpaired) electrons. The maximum Gasteiger partial charge on any atom is 0.356 e. The summed E-state index contributed by atoms with van der Waals surface area (Å²) in [5.74, 6) is -5.07. The molecule has 80 valence electrons. The van der Waals surface area contributed by atoms with E-state index in [1.165, 1.54) is 0 Å². The third-order valence-corrected chi connectivity index (χ3v) is 3.37. The van der Waals surface area contributed by atoms with Gasteiger partial charge in [0.2, 0.25) is 0 Å². The molecule has 0 bridgehead atoms. The number of hydrogen-bond acceptors (Lipinski definition) is 2. The Labute approximate surface area is 83.3 Å². The second-order valence-corrected chi connectivity index (χ2v) is 4.13. The topological polar surface area (TPSA) is 66.0 Å². The monoisotopic (exact) mass is 214 g/mol. The third-order valence-electron chi connectivity index (χ3n) is 3.37. The van der Waals surface area contributed by atoms with E-state index in [2.05, 4.69) is 10.2 Å². The predicted molar refractivity (Wildman–Crippen MR) is 44.9 cm³/mol. The van der Waals surface area contributed by atoms with Gasteiger partial charge in [0, 0.05) is 23.1 Å². The van der Waals surface area contributed by atoms with Crippen molar-refractivity contribution < 1.29 is 18.7 Å². The van der Waals surface area contributed by atoms with Gasteiger partial charge >= 0.3 is 5.97 Å². The third kappa shape index (κ3) is 0.989. The van der Waals surface area contributed by atoms with Crippen molar-refractivity contribution >= 4 is 5.97 Å². The van der Waals surface area contributed by atoms with E-state index in [1.807, 2.05) is 0 Å². The summed E-state index contributed by atoms with van der Waals surface area (Å²) in [5, 5.41) is 15.0. The average molecular weight is 214 g/mol. The Balaban J connectivity index is 1.99. The molecule has 3 rings (SSSR count). The molecule has 0 spiro atoms. The summed E-state index contributed by atoms with van der Waals surface area (Å²) in [6.45, 7) is 0. The Bertz CT molecular complexity index is 455. The van der Waals surface area contributed by atoms with Crippen molar-refractivity contribution in [2.75, 3.05) is 0 Å². The molecule has 2 aliphatic rings. The van der Waals surface area contributed by atoms with Crippen molar-refractivity contribution in [2.24, 2.45) is 11.8 Å². The molecule has 0 amide bonds. The second-order valence-electron chi connectivity index (χ2n) is 4.13. The summed E-state index contributed by atoms with van der Waals surface area (Å²) >= 11 is 0. The van der Waals surface area contributed by atoms with Gasteiger partial charge in [-0.1, -0.05) is 0 Å². The number of alkyl halides is 2. The number of nitrogens with one attached hydrogen (secondary N) is 1. The van der Waals surface area contributed by atoms with Gasteiger partial charge in [-0.15, -0.1) is 0 Å². The molecule has 1 saturated carbocycles. The van der Waals surface area contributed by atoms with Crippen molar-refractivity contribution in [3.8, 4) is 0 Å². The van der Waals surface area contributed by atoms with Gasteiger partial charge in [0.25, 0.3) is 5.92 Å². The van der Waals surface area contributed by atoms with Gasteiger partial charge < -0.3 is 5.11 Å². The first-order chi connectivity index (χ1) is 7.01. The molecule has 2 atom stereocenters. The number of aromatic nitrogens is 2. The van der Waals surface area contributed by atoms with Crippen LogP contribution in [0, 0.1) is 11.8 Å². The van der Waals surface area contributed by atoms with Crippen LogP contribution < -0.4 is 0 Å². The van der Waals surface area contributed by atoms with E-state index in [4.69, 9.17) is 5.11 Å². The van der Waals surface area contributed by atoms with E-state index < -0.39 is 23.7 Å². The minimum Gasteiger partial charge on any atom is -0.476 e. The van der Waals surface area contributed by atoms with Gasteiger partial charge in [0.1, 0.15) is 0 Å². The van der Waals surface area contributed by atoms with Crippen molar-refractivity contribution in [3.05, 3.63) is 17.0 Å². The number of carbonyl (C=O) groups is 1. The average Bonchev–Trinajstić information content (AvgIpc) is 2.60. The summed E-state index contributed by atoms with van der Waals surface area (Å²) in [4.78, 5) is 10.7. The number of H-pyrrole nitrogens is 1. The lowest BCUT2D eigenvalue weighted by molar-refractivity contribution is 0.0686. The van der Waals surface area contributed by atoms with Crippen LogP contribution in [0.5, 0.6) is 0 Å². The van der Waals surface area contributed by atoms with Gasteiger partial charge in [0.15, 0.2) is 5.69 Å². The SMILES string of the molecule is O=C(O)c1n[nH]c2c1CC1C(C2)C1(F)F. The molecule has 15 heavy (non-hydrogen) atoms. The Hall–Kier alpha value is -1.46. The molecule has 0 aliphatic heterocycles. The summed E-state index contributed by atoms with van der Waals surface area (Å²) in [7, 11) is 0. The van der Waals surface area contributed by atoms with Crippen molar-refractivity contribution in [3.63, 3.8) is 0 Å². The molecule has 2 N–H and O–H groups in total. The molecule has 1 aromatic rings. The van der Waals surface area contributed by atoms with Crippen LogP contribution in [0.4, 0.5) is 8.78 Å². The van der Waals surface area contributed by atoms with Crippen LogP contribution in [-0.2, 0) is 12.8 Å². The van der Waals surface area contributed by atoms with Crippen LogP contribution in [-0.4, -0.2) is 27.2 Å². The van der Waals surface area contributed by atoms with Gasteiger partial charge in [-0.2, -0.15) is 5.10 Å². The standard InChI is InChI=1S/C9H8F2N2O2/c10-9(11)4-1-3-6(2-5(4)9)12-13-7(3)8(14)15/h4-5H,1-2H2,(H,12,13)(H,14,15). The van der Waals surface area contributed by atoms with Gasteiger partial charge in [0.05, 0.1) is 0 Å². The summed E-state index contributed by atoms with van der Waals surface area (Å²) in [6.07, 6.45) is 0.346. The molecule has 2 aliphatic carbocycles. The summed E-state index contributed by atoms with van der Waals surface area (Å²) in [5.41, 5.74) is 0.915. The minimum atomic E-state index is -2.62.